The van der Waals surface area contributed by atoms with Crippen LogP contribution in [0.25, 0.3) is 0 Å². The first-order valence-electron chi connectivity index (χ1n) is 4.12. The van der Waals surface area contributed by atoms with Crippen molar-refractivity contribution in [3.8, 4) is 0 Å². The number of rotatable bonds is 3. The normalized spacial score (nSPS) is 11.4. The van der Waals surface area contributed by atoms with Gasteiger partial charge >= 0.3 is 5.97 Å². The third-order valence-electron chi connectivity index (χ3n) is 1.64. The Labute approximate surface area is 86.7 Å². The minimum Gasteiger partial charge on any atom is -0.461 e. The number of H-pyrrole nitrogens is 1. The Hall–Kier alpha value is -1.41. The van der Waals surface area contributed by atoms with Crippen molar-refractivity contribution in [2.75, 3.05) is 6.61 Å². The van der Waals surface area contributed by atoms with E-state index in [2.05, 4.69) is 14.9 Å². The van der Waals surface area contributed by atoms with E-state index >= 15 is 0 Å². The number of hydrogen-bond acceptors (Lipinski definition) is 5. The van der Waals surface area contributed by atoms with Gasteiger partial charge in [-0.2, -0.15) is 5.10 Å². The molecule has 1 rings (SSSR count). The molecule has 0 aliphatic heterocycles. The molecule has 0 saturated heterocycles. The van der Waals surface area contributed by atoms with Gasteiger partial charge in [0.1, 0.15) is 4.90 Å². The number of nitrogens with two attached hydrogens (primary N) is 1. The number of aromatic amines is 1. The Morgan fingerprint density at radius 2 is 2.20 bits per heavy atom. The van der Waals surface area contributed by atoms with E-state index < -0.39 is 16.0 Å². The molecule has 0 amide bonds. The van der Waals surface area contributed by atoms with Gasteiger partial charge in [0.15, 0.2) is 5.69 Å². The molecule has 15 heavy (non-hydrogen) atoms. The van der Waals surface area contributed by atoms with Crippen molar-refractivity contribution in [2.45, 2.75) is 18.7 Å². The molecule has 0 bridgehead atoms. The van der Waals surface area contributed by atoms with Crippen LogP contribution in [-0.4, -0.2) is 31.2 Å². The molecule has 1 heterocycles. The van der Waals surface area contributed by atoms with Crippen LogP contribution in [0.1, 0.15) is 23.1 Å². The van der Waals surface area contributed by atoms with E-state index in [1.54, 1.807) is 6.92 Å². The lowest BCUT2D eigenvalue weighted by molar-refractivity contribution is 0.0515. The predicted octanol–water partition coefficient (Wildman–Crippen LogP) is -0.458. The third kappa shape index (κ3) is 2.34. The fourth-order valence-electron chi connectivity index (χ4n) is 1.10. The zero-order valence-corrected chi connectivity index (χ0v) is 9.09. The lowest BCUT2D eigenvalue weighted by Crippen LogP contribution is -2.17. The molecule has 0 radical (unpaired) electrons. The molecule has 1 aromatic rings. The van der Waals surface area contributed by atoms with Crippen LogP contribution < -0.4 is 5.14 Å². The number of primary sulfonamides is 1. The SMILES string of the molecule is CCOC(=O)c1n[nH]c(C)c1S(N)(=O)=O. The quantitative estimate of drug-likeness (QED) is 0.685. The standard InChI is InChI=1S/C7H11N3O4S/c1-3-14-7(11)5-6(15(8,12)13)4(2)9-10-5/h3H2,1-2H3,(H,9,10)(H2,8,12,13). The summed E-state index contributed by atoms with van der Waals surface area (Å²) in [4.78, 5) is 11.0. The monoisotopic (exact) mass is 233 g/mol. The molecule has 0 aromatic carbocycles. The number of sulfonamides is 1. The molecule has 0 spiro atoms. The van der Waals surface area contributed by atoms with Gasteiger partial charge in [0.25, 0.3) is 0 Å². The zero-order valence-electron chi connectivity index (χ0n) is 8.27. The largest absolute Gasteiger partial charge is 0.461 e. The number of ether oxygens (including phenoxy) is 1. The smallest absolute Gasteiger partial charge is 0.360 e. The zero-order chi connectivity index (χ0) is 11.6. The van der Waals surface area contributed by atoms with Crippen molar-refractivity contribution in [1.82, 2.24) is 10.2 Å². The highest BCUT2D eigenvalue weighted by Gasteiger charge is 2.26. The summed E-state index contributed by atoms with van der Waals surface area (Å²) in [7, 11) is -3.98. The highest BCUT2D eigenvalue weighted by Crippen LogP contribution is 2.16. The van der Waals surface area contributed by atoms with Gasteiger partial charge in [-0.1, -0.05) is 0 Å². The van der Waals surface area contributed by atoms with Crippen molar-refractivity contribution in [3.05, 3.63) is 11.4 Å². The van der Waals surface area contributed by atoms with Crippen molar-refractivity contribution in [3.63, 3.8) is 0 Å². The molecule has 0 fully saturated rings. The van der Waals surface area contributed by atoms with Crippen LogP contribution in [-0.2, 0) is 14.8 Å². The fraction of sp³-hybridized carbons (Fsp3) is 0.429. The van der Waals surface area contributed by atoms with E-state index in [-0.39, 0.29) is 22.9 Å². The van der Waals surface area contributed by atoms with Gasteiger partial charge in [-0.05, 0) is 13.8 Å². The molecule has 3 N–H and O–H groups in total. The first kappa shape index (κ1) is 11.7. The maximum atomic E-state index is 11.3. The Bertz CT molecular complexity index is 476. The van der Waals surface area contributed by atoms with Gasteiger partial charge in [0.05, 0.1) is 12.3 Å². The Kier molecular flexibility index (Phi) is 3.10. The number of hydrogen-bond donors (Lipinski definition) is 2. The topological polar surface area (TPSA) is 115 Å². The summed E-state index contributed by atoms with van der Waals surface area (Å²) in [5.41, 5.74) is -0.0996. The number of aryl methyl sites for hydroxylation is 1. The van der Waals surface area contributed by atoms with Crippen molar-refractivity contribution in [1.29, 1.82) is 0 Å². The van der Waals surface area contributed by atoms with Crippen LogP contribution in [0, 0.1) is 6.92 Å². The number of esters is 1. The molecule has 0 aliphatic carbocycles. The molecule has 1 aromatic heterocycles. The summed E-state index contributed by atoms with van der Waals surface area (Å²) in [5, 5.41) is 10.9. The molecular weight excluding hydrogens is 222 g/mol. The van der Waals surface area contributed by atoms with Gasteiger partial charge in [0.2, 0.25) is 10.0 Å². The summed E-state index contributed by atoms with van der Waals surface area (Å²) in [5.74, 6) is -0.814. The summed E-state index contributed by atoms with van der Waals surface area (Å²) in [6.45, 7) is 3.19. The van der Waals surface area contributed by atoms with E-state index in [9.17, 15) is 13.2 Å². The fourth-order valence-corrected chi connectivity index (χ4v) is 1.98. The van der Waals surface area contributed by atoms with Crippen LogP contribution in [0.4, 0.5) is 0 Å². The molecule has 0 atom stereocenters. The molecule has 0 saturated carbocycles. The van der Waals surface area contributed by atoms with Crippen molar-refractivity contribution in [2.24, 2.45) is 5.14 Å². The van der Waals surface area contributed by atoms with Crippen molar-refractivity contribution >= 4 is 16.0 Å². The maximum Gasteiger partial charge on any atom is 0.360 e. The van der Waals surface area contributed by atoms with E-state index in [4.69, 9.17) is 5.14 Å². The summed E-state index contributed by atoms with van der Waals surface area (Å²) in [6.07, 6.45) is 0. The second-order valence-corrected chi connectivity index (χ2v) is 4.29. The first-order valence-corrected chi connectivity index (χ1v) is 5.67. The molecule has 8 heteroatoms. The molecule has 84 valence electrons. The van der Waals surface area contributed by atoms with Crippen LogP contribution in [0.5, 0.6) is 0 Å². The van der Waals surface area contributed by atoms with Gasteiger partial charge in [0, 0.05) is 0 Å². The van der Waals surface area contributed by atoms with Gasteiger partial charge in [-0.3, -0.25) is 5.10 Å². The number of aromatic nitrogens is 2. The lowest BCUT2D eigenvalue weighted by Gasteiger charge is -2.00. The Morgan fingerprint density at radius 1 is 1.60 bits per heavy atom. The highest BCUT2D eigenvalue weighted by molar-refractivity contribution is 7.89. The number of nitrogens with zero attached hydrogens (tertiary/aromatic N) is 1. The average Bonchev–Trinajstić information content (AvgIpc) is 2.46. The Morgan fingerprint density at radius 3 is 2.67 bits per heavy atom. The van der Waals surface area contributed by atoms with E-state index in [0.29, 0.717) is 0 Å². The number of carbonyl (C=O) groups excluding carboxylic acids is 1. The van der Waals surface area contributed by atoms with Crippen LogP contribution >= 0.6 is 0 Å². The second-order valence-electron chi connectivity index (χ2n) is 2.79. The number of carbonyl (C=O) groups is 1. The van der Waals surface area contributed by atoms with E-state index in [0.717, 1.165) is 0 Å². The first-order chi connectivity index (χ1) is 6.88. The van der Waals surface area contributed by atoms with Crippen molar-refractivity contribution < 1.29 is 17.9 Å². The maximum absolute atomic E-state index is 11.3. The predicted molar refractivity (Wildman–Crippen MR) is 50.7 cm³/mol. The molecule has 0 unspecified atom stereocenters. The van der Waals surface area contributed by atoms with Gasteiger partial charge in [-0.25, -0.2) is 18.4 Å². The van der Waals surface area contributed by atoms with Crippen LogP contribution in [0.2, 0.25) is 0 Å². The lowest BCUT2D eigenvalue weighted by atomic mass is 10.4. The second kappa shape index (κ2) is 3.99. The molecular formula is C7H11N3O4S. The summed E-state index contributed by atoms with van der Waals surface area (Å²) >= 11 is 0. The molecule has 7 nitrogen and oxygen atoms in total. The third-order valence-corrected chi connectivity index (χ3v) is 2.71. The average molecular weight is 233 g/mol. The van der Waals surface area contributed by atoms with Crippen LogP contribution in [0.3, 0.4) is 0 Å². The minimum atomic E-state index is -3.98. The Balaban J connectivity index is 3.27. The summed E-state index contributed by atoms with van der Waals surface area (Å²) < 4.78 is 26.9. The van der Waals surface area contributed by atoms with Gasteiger partial charge in [-0.15, -0.1) is 0 Å². The van der Waals surface area contributed by atoms with E-state index in [1.165, 1.54) is 6.92 Å². The van der Waals surface area contributed by atoms with Crippen LogP contribution in [0.15, 0.2) is 4.90 Å². The van der Waals surface area contributed by atoms with Gasteiger partial charge < -0.3 is 4.74 Å². The van der Waals surface area contributed by atoms with E-state index in [1.807, 2.05) is 0 Å². The molecule has 0 aliphatic rings. The minimum absolute atomic E-state index is 0.134. The highest BCUT2D eigenvalue weighted by atomic mass is 32.2. The number of nitrogens with one attached hydrogen (secondary N) is 1. The summed E-state index contributed by atoms with van der Waals surface area (Å²) in [6, 6.07) is 0.